The number of aryl methyl sites for hydroxylation is 1. The number of rotatable bonds is 4. The second kappa shape index (κ2) is 9.06. The number of amides is 1. The molecule has 1 fully saturated rings. The van der Waals surface area contributed by atoms with Crippen LogP contribution in [0.1, 0.15) is 16.4 Å². The van der Waals surface area contributed by atoms with Gasteiger partial charge in [0.15, 0.2) is 0 Å². The number of anilines is 1. The molecule has 5 rings (SSSR count). The zero-order chi connectivity index (χ0) is 25.4. The predicted octanol–water partition coefficient (Wildman–Crippen LogP) is 3.65. The van der Waals surface area contributed by atoms with Gasteiger partial charge in [0.05, 0.1) is 5.69 Å². The molecule has 3 aromatic heterocycles. The van der Waals surface area contributed by atoms with Crippen molar-refractivity contribution in [3.8, 4) is 22.6 Å². The fraction of sp³-hybridized carbons (Fsp3) is 0.261. The molecule has 0 N–H and O–H groups in total. The summed E-state index contributed by atoms with van der Waals surface area (Å²) < 4.78 is 57.0. The lowest BCUT2D eigenvalue weighted by Gasteiger charge is -2.35. The van der Waals surface area contributed by atoms with Crippen molar-refractivity contribution in [1.82, 2.24) is 29.8 Å². The van der Waals surface area contributed by atoms with Gasteiger partial charge >= 0.3 is 12.1 Å². The van der Waals surface area contributed by atoms with Gasteiger partial charge in [0.1, 0.15) is 17.3 Å². The highest BCUT2D eigenvalue weighted by atomic mass is 19.4. The highest BCUT2D eigenvalue weighted by Gasteiger charge is 2.38. The van der Waals surface area contributed by atoms with Crippen molar-refractivity contribution in [3.05, 3.63) is 66.1 Å². The fourth-order valence-corrected chi connectivity index (χ4v) is 3.89. The van der Waals surface area contributed by atoms with E-state index in [1.165, 1.54) is 23.0 Å². The maximum absolute atomic E-state index is 13.2. The summed E-state index contributed by atoms with van der Waals surface area (Å²) in [5.41, 5.74) is 2.00. The molecule has 0 radical (unpaired) electrons. The van der Waals surface area contributed by atoms with Crippen LogP contribution in [-0.4, -0.2) is 61.9 Å². The zero-order valence-corrected chi connectivity index (χ0v) is 18.9. The maximum Gasteiger partial charge on any atom is 0.471 e. The number of carbonyl (C=O) groups excluding carboxylic acids is 1. The Morgan fingerprint density at radius 2 is 1.69 bits per heavy atom. The van der Waals surface area contributed by atoms with E-state index in [4.69, 9.17) is 0 Å². The number of hydrogen-bond acceptors (Lipinski definition) is 7. The summed E-state index contributed by atoms with van der Waals surface area (Å²) in [6, 6.07) is 10.8. The molecule has 0 saturated carbocycles. The first-order valence-corrected chi connectivity index (χ1v) is 10.9. The Morgan fingerprint density at radius 3 is 2.31 bits per heavy atom. The van der Waals surface area contributed by atoms with Gasteiger partial charge in [-0.3, -0.25) is 9.48 Å². The Labute approximate surface area is 202 Å². The number of carbonyl (C=O) groups is 1. The van der Waals surface area contributed by atoms with Gasteiger partial charge in [-0.15, -0.1) is 0 Å². The van der Waals surface area contributed by atoms with Gasteiger partial charge in [0.2, 0.25) is 5.82 Å². The Kier molecular flexibility index (Phi) is 5.90. The zero-order valence-electron chi connectivity index (χ0n) is 18.9. The molecule has 0 bridgehead atoms. The van der Waals surface area contributed by atoms with Gasteiger partial charge in [-0.1, -0.05) is 5.16 Å². The van der Waals surface area contributed by atoms with Crippen LogP contribution in [0, 0.1) is 5.82 Å². The largest absolute Gasteiger partial charge is 0.471 e. The van der Waals surface area contributed by atoms with Crippen molar-refractivity contribution >= 4 is 11.7 Å². The van der Waals surface area contributed by atoms with E-state index in [1.807, 2.05) is 4.90 Å². The van der Waals surface area contributed by atoms with Crippen molar-refractivity contribution in [2.45, 2.75) is 6.18 Å². The number of hydrogen-bond donors (Lipinski definition) is 0. The van der Waals surface area contributed by atoms with Gasteiger partial charge in [-0.05, 0) is 42.5 Å². The number of aromatic nitrogens is 5. The van der Waals surface area contributed by atoms with Gasteiger partial charge in [-0.25, -0.2) is 9.37 Å². The first-order chi connectivity index (χ1) is 17.2. The molecule has 1 aliphatic rings. The average Bonchev–Trinajstić information content (AvgIpc) is 3.52. The second-order valence-corrected chi connectivity index (χ2v) is 8.15. The quantitative estimate of drug-likeness (QED) is 0.394. The smallest absolute Gasteiger partial charge is 0.353 e. The maximum atomic E-state index is 13.2. The molecule has 4 aromatic rings. The molecule has 9 nitrogen and oxygen atoms in total. The fourth-order valence-electron chi connectivity index (χ4n) is 3.89. The van der Waals surface area contributed by atoms with Crippen LogP contribution in [0.15, 0.2) is 53.2 Å². The summed E-state index contributed by atoms with van der Waals surface area (Å²) in [7, 11) is 1.68. The lowest BCUT2D eigenvalue weighted by molar-refractivity contribution is -0.159. The van der Waals surface area contributed by atoms with Crippen LogP contribution in [0.4, 0.5) is 23.4 Å². The third-order valence-electron chi connectivity index (χ3n) is 5.80. The standard InChI is InChI=1S/C23H19F4N7O2/c1-32-18(12-17(30-32)14-2-5-16(24)6-3-14)21(35)34-10-8-33(9-11-34)19-7-4-15(13-28-19)20-29-22(36-31-20)23(25,26)27/h2-7,12-13H,8-11H2,1H3. The Balaban J connectivity index is 1.22. The van der Waals surface area contributed by atoms with Crippen LogP contribution < -0.4 is 4.90 Å². The van der Waals surface area contributed by atoms with Crippen molar-refractivity contribution in [2.75, 3.05) is 31.1 Å². The van der Waals surface area contributed by atoms with Crippen molar-refractivity contribution in [2.24, 2.45) is 7.05 Å². The van der Waals surface area contributed by atoms with Gasteiger partial charge in [0.25, 0.3) is 5.91 Å². The van der Waals surface area contributed by atoms with Crippen LogP contribution in [0.3, 0.4) is 0 Å². The number of benzene rings is 1. The van der Waals surface area contributed by atoms with Gasteiger partial charge < -0.3 is 14.3 Å². The molecule has 1 amide bonds. The number of alkyl halides is 3. The second-order valence-electron chi connectivity index (χ2n) is 8.15. The minimum absolute atomic E-state index is 0.168. The molecule has 1 saturated heterocycles. The molecule has 0 spiro atoms. The SMILES string of the molecule is Cn1nc(-c2ccc(F)cc2)cc1C(=O)N1CCN(c2ccc(-c3noc(C(F)(F)F)n3)cn2)CC1. The van der Waals surface area contributed by atoms with E-state index in [-0.39, 0.29) is 17.5 Å². The molecule has 1 aliphatic heterocycles. The van der Waals surface area contributed by atoms with Gasteiger partial charge in [0, 0.05) is 50.6 Å². The molecule has 4 heterocycles. The lowest BCUT2D eigenvalue weighted by atomic mass is 10.1. The van der Waals surface area contributed by atoms with E-state index in [1.54, 1.807) is 42.3 Å². The molecule has 1 aromatic carbocycles. The number of nitrogens with zero attached hydrogens (tertiary/aromatic N) is 7. The van der Waals surface area contributed by atoms with E-state index in [9.17, 15) is 22.4 Å². The van der Waals surface area contributed by atoms with E-state index in [0.29, 0.717) is 54.5 Å². The van der Waals surface area contributed by atoms with Gasteiger partial charge in [-0.2, -0.15) is 23.3 Å². The highest BCUT2D eigenvalue weighted by molar-refractivity contribution is 5.94. The van der Waals surface area contributed by atoms with E-state index < -0.39 is 12.1 Å². The molecule has 0 atom stereocenters. The summed E-state index contributed by atoms with van der Waals surface area (Å²) in [5, 5.41) is 7.74. The first-order valence-electron chi connectivity index (χ1n) is 10.9. The minimum Gasteiger partial charge on any atom is -0.353 e. The van der Waals surface area contributed by atoms with Crippen LogP contribution in [0.2, 0.25) is 0 Å². The van der Waals surface area contributed by atoms with Crippen LogP contribution in [-0.2, 0) is 13.2 Å². The van der Waals surface area contributed by atoms with E-state index in [0.717, 1.165) is 0 Å². The Hall–Kier alpha value is -4.29. The predicted molar refractivity (Wildman–Crippen MR) is 119 cm³/mol. The van der Waals surface area contributed by atoms with Crippen LogP contribution in [0.25, 0.3) is 22.6 Å². The molecule has 0 unspecified atom stereocenters. The number of piperazine rings is 1. The van der Waals surface area contributed by atoms with Crippen LogP contribution >= 0.6 is 0 Å². The third-order valence-corrected chi connectivity index (χ3v) is 5.80. The molecule has 13 heteroatoms. The Bertz CT molecular complexity index is 1370. The molecule has 0 aliphatic carbocycles. The molecular formula is C23H19F4N7O2. The summed E-state index contributed by atoms with van der Waals surface area (Å²) in [6.07, 6.45) is -3.34. The molecule has 36 heavy (non-hydrogen) atoms. The van der Waals surface area contributed by atoms with E-state index in [2.05, 4.69) is 24.7 Å². The first kappa shape index (κ1) is 23.5. The lowest BCUT2D eigenvalue weighted by Crippen LogP contribution is -2.49. The highest BCUT2D eigenvalue weighted by Crippen LogP contribution is 2.29. The van der Waals surface area contributed by atoms with E-state index >= 15 is 0 Å². The summed E-state index contributed by atoms with van der Waals surface area (Å²) in [4.78, 5) is 24.5. The topological polar surface area (TPSA) is 93.2 Å². The average molecular weight is 501 g/mol. The van der Waals surface area contributed by atoms with Crippen molar-refractivity contribution in [1.29, 1.82) is 0 Å². The minimum atomic E-state index is -4.71. The monoisotopic (exact) mass is 501 g/mol. The summed E-state index contributed by atoms with van der Waals surface area (Å²) >= 11 is 0. The Morgan fingerprint density at radius 1 is 1.00 bits per heavy atom. The van der Waals surface area contributed by atoms with Crippen molar-refractivity contribution in [3.63, 3.8) is 0 Å². The third kappa shape index (κ3) is 4.63. The molecule has 186 valence electrons. The van der Waals surface area contributed by atoms with Crippen LogP contribution in [0.5, 0.6) is 0 Å². The number of halogens is 4. The normalized spacial score (nSPS) is 14.4. The summed E-state index contributed by atoms with van der Waals surface area (Å²) in [6.45, 7) is 1.92. The summed E-state index contributed by atoms with van der Waals surface area (Å²) in [5.74, 6) is -1.52. The van der Waals surface area contributed by atoms with Crippen molar-refractivity contribution < 1.29 is 26.9 Å². The number of pyridine rings is 1. The molecular weight excluding hydrogens is 482 g/mol.